The molecule has 92 valence electrons. The number of aliphatic carboxylic acids is 1. The van der Waals surface area contributed by atoms with Crippen LogP contribution < -0.4 is 10.2 Å². The Bertz CT molecular complexity index is 409. The highest BCUT2D eigenvalue weighted by Crippen LogP contribution is 2.14. The van der Waals surface area contributed by atoms with Gasteiger partial charge in [-0.15, -0.1) is 0 Å². The standard InChI is InChI=1S/C10H10FNO5/c11-7-3-1-2-4-8(7)16-5-9(13)12-17-6-10(14)15/h1-4H,5-6H2,(H,12,13)(H,14,15). The monoisotopic (exact) mass is 243 g/mol. The van der Waals surface area contributed by atoms with Crippen molar-refractivity contribution in [2.24, 2.45) is 0 Å². The average Bonchev–Trinajstić information content (AvgIpc) is 2.27. The molecule has 2 N–H and O–H groups in total. The van der Waals surface area contributed by atoms with Gasteiger partial charge in [-0.25, -0.2) is 14.7 Å². The number of halogens is 1. The Hall–Kier alpha value is -2.15. The van der Waals surface area contributed by atoms with E-state index in [9.17, 15) is 14.0 Å². The molecule has 0 saturated heterocycles. The van der Waals surface area contributed by atoms with Crippen molar-refractivity contribution in [2.45, 2.75) is 0 Å². The van der Waals surface area contributed by atoms with E-state index in [-0.39, 0.29) is 5.75 Å². The predicted molar refractivity (Wildman–Crippen MR) is 53.6 cm³/mol. The van der Waals surface area contributed by atoms with E-state index in [1.807, 2.05) is 5.48 Å². The molecule has 0 aliphatic carbocycles. The third kappa shape index (κ3) is 4.94. The molecule has 1 aromatic rings. The number of para-hydroxylation sites is 1. The maximum atomic E-state index is 13.0. The predicted octanol–water partition coefficient (Wildman–Crippen LogP) is 0.337. The summed E-state index contributed by atoms with van der Waals surface area (Å²) >= 11 is 0. The van der Waals surface area contributed by atoms with Crippen molar-refractivity contribution in [1.82, 2.24) is 5.48 Å². The quantitative estimate of drug-likeness (QED) is 0.703. The normalized spacial score (nSPS) is 9.71. The SMILES string of the molecule is O=C(O)CONC(=O)COc1ccccc1F. The van der Waals surface area contributed by atoms with Crippen LogP contribution in [0, 0.1) is 5.82 Å². The van der Waals surface area contributed by atoms with Gasteiger partial charge in [0.05, 0.1) is 0 Å². The summed E-state index contributed by atoms with van der Waals surface area (Å²) < 4.78 is 17.9. The number of benzene rings is 1. The fourth-order valence-corrected chi connectivity index (χ4v) is 0.913. The van der Waals surface area contributed by atoms with Crippen molar-refractivity contribution in [3.05, 3.63) is 30.1 Å². The summed E-state index contributed by atoms with van der Waals surface area (Å²) in [6, 6.07) is 5.59. The molecule has 0 aliphatic rings. The molecule has 0 radical (unpaired) electrons. The first-order valence-corrected chi connectivity index (χ1v) is 4.59. The Kier molecular flexibility index (Phi) is 4.89. The van der Waals surface area contributed by atoms with Gasteiger partial charge in [0.15, 0.2) is 24.8 Å². The Labute approximate surface area is 95.9 Å². The number of hydrogen-bond donors (Lipinski definition) is 2. The first kappa shape index (κ1) is 12.9. The molecule has 6 nitrogen and oxygen atoms in total. The molecule has 0 aliphatic heterocycles. The van der Waals surface area contributed by atoms with Crippen molar-refractivity contribution in [1.29, 1.82) is 0 Å². The molecule has 7 heteroatoms. The minimum atomic E-state index is -1.22. The molecule has 0 saturated carbocycles. The number of carboxylic acids is 1. The van der Waals surface area contributed by atoms with E-state index in [2.05, 4.69) is 4.84 Å². The lowest BCUT2D eigenvalue weighted by molar-refractivity contribution is -0.149. The maximum Gasteiger partial charge on any atom is 0.332 e. The lowest BCUT2D eigenvalue weighted by atomic mass is 10.3. The second-order valence-electron chi connectivity index (χ2n) is 2.93. The summed E-state index contributed by atoms with van der Waals surface area (Å²) in [6.07, 6.45) is 0. The van der Waals surface area contributed by atoms with Gasteiger partial charge in [0.2, 0.25) is 0 Å². The van der Waals surface area contributed by atoms with Crippen LogP contribution in [0.25, 0.3) is 0 Å². The first-order chi connectivity index (χ1) is 8.09. The van der Waals surface area contributed by atoms with Gasteiger partial charge in [-0.3, -0.25) is 9.63 Å². The van der Waals surface area contributed by atoms with Crippen molar-refractivity contribution in [2.75, 3.05) is 13.2 Å². The zero-order valence-corrected chi connectivity index (χ0v) is 8.68. The Morgan fingerprint density at radius 1 is 1.29 bits per heavy atom. The van der Waals surface area contributed by atoms with Gasteiger partial charge in [-0.2, -0.15) is 0 Å². The molecule has 0 bridgehead atoms. The number of hydrogen-bond acceptors (Lipinski definition) is 4. The number of carbonyl (C=O) groups excluding carboxylic acids is 1. The first-order valence-electron chi connectivity index (χ1n) is 4.59. The van der Waals surface area contributed by atoms with E-state index in [1.165, 1.54) is 18.2 Å². The van der Waals surface area contributed by atoms with E-state index in [0.29, 0.717) is 0 Å². The molecule has 1 aromatic carbocycles. The van der Waals surface area contributed by atoms with Gasteiger partial charge in [0.1, 0.15) is 0 Å². The Morgan fingerprint density at radius 2 is 2.00 bits per heavy atom. The van der Waals surface area contributed by atoms with Crippen molar-refractivity contribution in [3.63, 3.8) is 0 Å². The second-order valence-corrected chi connectivity index (χ2v) is 2.93. The van der Waals surface area contributed by atoms with Crippen LogP contribution in [0.3, 0.4) is 0 Å². The molecular formula is C10H10FNO5. The summed E-state index contributed by atoms with van der Waals surface area (Å²) in [5.41, 5.74) is 1.84. The fraction of sp³-hybridized carbons (Fsp3) is 0.200. The minimum Gasteiger partial charge on any atom is -0.481 e. The van der Waals surface area contributed by atoms with Crippen molar-refractivity contribution in [3.8, 4) is 5.75 Å². The Balaban J connectivity index is 2.29. The molecule has 0 unspecified atom stereocenters. The number of amides is 1. The second kappa shape index (κ2) is 6.44. The number of hydroxylamine groups is 1. The fourth-order valence-electron chi connectivity index (χ4n) is 0.913. The summed E-state index contributed by atoms with van der Waals surface area (Å²) in [5, 5.41) is 8.21. The van der Waals surface area contributed by atoms with E-state index in [4.69, 9.17) is 9.84 Å². The van der Waals surface area contributed by atoms with E-state index in [1.54, 1.807) is 6.07 Å². The number of ether oxygens (including phenoxy) is 1. The molecule has 0 aromatic heterocycles. The van der Waals surface area contributed by atoms with Crippen LogP contribution in [0.4, 0.5) is 4.39 Å². The lowest BCUT2D eigenvalue weighted by Crippen LogP contribution is -2.31. The highest BCUT2D eigenvalue weighted by Gasteiger charge is 2.06. The van der Waals surface area contributed by atoms with Crippen LogP contribution in [-0.2, 0) is 14.4 Å². The summed E-state index contributed by atoms with van der Waals surface area (Å²) in [5.74, 6) is -2.59. The van der Waals surface area contributed by atoms with Crippen LogP contribution in [-0.4, -0.2) is 30.2 Å². The van der Waals surface area contributed by atoms with Crippen LogP contribution in [0.1, 0.15) is 0 Å². The van der Waals surface area contributed by atoms with E-state index < -0.39 is 30.9 Å². The molecular weight excluding hydrogens is 233 g/mol. The third-order valence-electron chi connectivity index (χ3n) is 1.58. The molecule has 1 amide bonds. The van der Waals surface area contributed by atoms with Gasteiger partial charge in [-0.05, 0) is 12.1 Å². The Morgan fingerprint density at radius 3 is 2.65 bits per heavy atom. The third-order valence-corrected chi connectivity index (χ3v) is 1.58. The number of nitrogens with one attached hydrogen (secondary N) is 1. The van der Waals surface area contributed by atoms with Gasteiger partial charge in [0.25, 0.3) is 5.91 Å². The summed E-state index contributed by atoms with van der Waals surface area (Å²) in [6.45, 7) is -1.13. The summed E-state index contributed by atoms with van der Waals surface area (Å²) in [7, 11) is 0. The molecule has 0 fully saturated rings. The molecule has 1 rings (SSSR count). The molecule has 0 spiro atoms. The maximum absolute atomic E-state index is 13.0. The van der Waals surface area contributed by atoms with E-state index in [0.717, 1.165) is 0 Å². The highest BCUT2D eigenvalue weighted by atomic mass is 19.1. The lowest BCUT2D eigenvalue weighted by Gasteiger charge is -2.07. The van der Waals surface area contributed by atoms with Gasteiger partial charge >= 0.3 is 5.97 Å². The average molecular weight is 243 g/mol. The molecule has 17 heavy (non-hydrogen) atoms. The summed E-state index contributed by atoms with van der Waals surface area (Å²) in [4.78, 5) is 25.4. The minimum absolute atomic E-state index is 0.0686. The number of rotatable bonds is 6. The highest BCUT2D eigenvalue weighted by molar-refractivity contribution is 5.76. The topological polar surface area (TPSA) is 84.9 Å². The number of carbonyl (C=O) groups is 2. The van der Waals surface area contributed by atoms with Gasteiger partial charge < -0.3 is 9.84 Å². The van der Waals surface area contributed by atoms with Crippen LogP contribution in [0.15, 0.2) is 24.3 Å². The zero-order chi connectivity index (χ0) is 12.7. The van der Waals surface area contributed by atoms with Gasteiger partial charge in [-0.1, -0.05) is 12.1 Å². The van der Waals surface area contributed by atoms with Crippen LogP contribution >= 0.6 is 0 Å². The number of carboxylic acid groups (broad SMARTS) is 1. The molecule has 0 atom stereocenters. The van der Waals surface area contributed by atoms with Gasteiger partial charge in [0, 0.05) is 0 Å². The van der Waals surface area contributed by atoms with Crippen LogP contribution in [0.5, 0.6) is 5.75 Å². The van der Waals surface area contributed by atoms with Crippen molar-refractivity contribution < 1.29 is 28.7 Å². The van der Waals surface area contributed by atoms with Crippen LogP contribution in [0.2, 0.25) is 0 Å². The zero-order valence-electron chi connectivity index (χ0n) is 8.68. The van der Waals surface area contributed by atoms with E-state index >= 15 is 0 Å². The smallest absolute Gasteiger partial charge is 0.332 e. The largest absolute Gasteiger partial charge is 0.481 e. The molecule has 0 heterocycles. The van der Waals surface area contributed by atoms with Crippen molar-refractivity contribution >= 4 is 11.9 Å².